The molecule has 0 radical (unpaired) electrons. The summed E-state index contributed by atoms with van der Waals surface area (Å²) in [4.78, 5) is 14.6. The maximum atomic E-state index is 12.9. The highest BCUT2D eigenvalue weighted by Crippen LogP contribution is 2.12. The zero-order valence-corrected chi connectivity index (χ0v) is 8.62. The van der Waals surface area contributed by atoms with Crippen molar-refractivity contribution in [3.8, 4) is 5.88 Å². The summed E-state index contributed by atoms with van der Waals surface area (Å²) in [6.07, 6.45) is 0.0175. The molecular formula is C10H12FNO3. The molecule has 1 aromatic rings. The summed E-state index contributed by atoms with van der Waals surface area (Å²) in [5.74, 6) is -0.923. The quantitative estimate of drug-likeness (QED) is 0.559. The van der Waals surface area contributed by atoms with Gasteiger partial charge in [0.2, 0.25) is 11.8 Å². The van der Waals surface area contributed by atoms with Crippen molar-refractivity contribution in [3.63, 3.8) is 0 Å². The second-order valence-electron chi connectivity index (χ2n) is 2.82. The molecule has 0 saturated carbocycles. The van der Waals surface area contributed by atoms with Gasteiger partial charge in [-0.15, -0.1) is 0 Å². The van der Waals surface area contributed by atoms with E-state index in [4.69, 9.17) is 9.47 Å². The van der Waals surface area contributed by atoms with Gasteiger partial charge in [0, 0.05) is 6.07 Å². The average molecular weight is 213 g/mol. The topological polar surface area (TPSA) is 48.4 Å². The van der Waals surface area contributed by atoms with Gasteiger partial charge in [0.15, 0.2) is 0 Å². The number of halogens is 1. The van der Waals surface area contributed by atoms with Crippen LogP contribution in [0.25, 0.3) is 0 Å². The predicted octanol–water partition coefficient (Wildman–Crippen LogP) is 1.33. The summed E-state index contributed by atoms with van der Waals surface area (Å²) >= 11 is 0. The van der Waals surface area contributed by atoms with Crippen LogP contribution in [0.4, 0.5) is 4.39 Å². The van der Waals surface area contributed by atoms with Gasteiger partial charge >= 0.3 is 5.97 Å². The van der Waals surface area contributed by atoms with E-state index in [0.717, 1.165) is 0 Å². The lowest BCUT2D eigenvalue weighted by atomic mass is 10.2. The van der Waals surface area contributed by atoms with Crippen LogP contribution in [0.15, 0.2) is 12.1 Å². The predicted molar refractivity (Wildman–Crippen MR) is 51.1 cm³/mol. The number of carbonyl (C=O) groups is 1. The van der Waals surface area contributed by atoms with E-state index in [-0.39, 0.29) is 12.3 Å². The smallest absolute Gasteiger partial charge is 0.310 e. The molecule has 0 atom stereocenters. The number of nitrogens with zero attached hydrogens (tertiary/aromatic N) is 1. The number of hydrogen-bond donors (Lipinski definition) is 0. The molecule has 4 nitrogen and oxygen atoms in total. The van der Waals surface area contributed by atoms with E-state index in [1.54, 1.807) is 6.92 Å². The van der Waals surface area contributed by atoms with Crippen molar-refractivity contribution in [2.75, 3.05) is 13.7 Å². The SMILES string of the molecule is CCOC(=O)Cc1cc(F)nc(OC)c1. The Labute approximate surface area is 87.0 Å². The lowest BCUT2D eigenvalue weighted by Gasteiger charge is -2.04. The summed E-state index contributed by atoms with van der Waals surface area (Å²) in [6, 6.07) is 2.68. The summed E-state index contributed by atoms with van der Waals surface area (Å²) in [6.45, 7) is 2.02. The summed E-state index contributed by atoms with van der Waals surface area (Å²) in [5.41, 5.74) is 0.484. The van der Waals surface area contributed by atoms with Gasteiger partial charge in [0.1, 0.15) is 0 Å². The number of methoxy groups -OCH3 is 1. The fraction of sp³-hybridized carbons (Fsp3) is 0.400. The van der Waals surface area contributed by atoms with Crippen LogP contribution >= 0.6 is 0 Å². The molecule has 0 spiro atoms. The van der Waals surface area contributed by atoms with E-state index in [1.165, 1.54) is 19.2 Å². The Morgan fingerprint density at radius 2 is 2.27 bits per heavy atom. The first-order valence-corrected chi connectivity index (χ1v) is 4.51. The monoisotopic (exact) mass is 213 g/mol. The number of esters is 1. The lowest BCUT2D eigenvalue weighted by molar-refractivity contribution is -0.142. The Kier molecular flexibility index (Phi) is 4.03. The molecule has 82 valence electrons. The third-order valence-corrected chi connectivity index (χ3v) is 1.69. The molecule has 15 heavy (non-hydrogen) atoms. The molecule has 1 rings (SSSR count). The summed E-state index contributed by atoms with van der Waals surface area (Å²) < 4.78 is 22.4. The number of aromatic nitrogens is 1. The maximum absolute atomic E-state index is 12.9. The van der Waals surface area contributed by atoms with Gasteiger partial charge in [0.25, 0.3) is 0 Å². The average Bonchev–Trinajstić information content (AvgIpc) is 2.17. The molecule has 0 N–H and O–H groups in total. The van der Waals surface area contributed by atoms with Gasteiger partial charge in [-0.1, -0.05) is 0 Å². The maximum Gasteiger partial charge on any atom is 0.310 e. The number of ether oxygens (including phenoxy) is 2. The largest absolute Gasteiger partial charge is 0.481 e. The fourth-order valence-corrected chi connectivity index (χ4v) is 1.11. The lowest BCUT2D eigenvalue weighted by Crippen LogP contribution is -2.08. The molecular weight excluding hydrogens is 201 g/mol. The summed E-state index contributed by atoms with van der Waals surface area (Å²) in [7, 11) is 1.38. The van der Waals surface area contributed by atoms with Crippen molar-refractivity contribution in [2.24, 2.45) is 0 Å². The first-order valence-electron chi connectivity index (χ1n) is 4.51. The normalized spacial score (nSPS) is 9.80. The number of hydrogen-bond acceptors (Lipinski definition) is 4. The van der Waals surface area contributed by atoms with Crippen molar-refractivity contribution in [2.45, 2.75) is 13.3 Å². The highest BCUT2D eigenvalue weighted by Gasteiger charge is 2.07. The van der Waals surface area contributed by atoms with Gasteiger partial charge in [-0.2, -0.15) is 9.37 Å². The standard InChI is InChI=1S/C10H12FNO3/c1-3-15-10(13)6-7-4-8(11)12-9(5-7)14-2/h4-5H,3,6H2,1-2H3. The highest BCUT2D eigenvalue weighted by molar-refractivity contribution is 5.72. The molecule has 0 aromatic carbocycles. The van der Waals surface area contributed by atoms with Crippen LogP contribution in [-0.4, -0.2) is 24.7 Å². The van der Waals surface area contributed by atoms with E-state index >= 15 is 0 Å². The molecule has 0 amide bonds. The van der Waals surface area contributed by atoms with Crippen molar-refractivity contribution in [1.82, 2.24) is 4.98 Å². The van der Waals surface area contributed by atoms with Crippen molar-refractivity contribution in [3.05, 3.63) is 23.6 Å². The third-order valence-electron chi connectivity index (χ3n) is 1.69. The third kappa shape index (κ3) is 3.53. The Balaban J connectivity index is 2.76. The van der Waals surface area contributed by atoms with E-state index in [1.807, 2.05) is 0 Å². The number of rotatable bonds is 4. The molecule has 0 aliphatic heterocycles. The van der Waals surface area contributed by atoms with Crippen LogP contribution in [0.5, 0.6) is 5.88 Å². The van der Waals surface area contributed by atoms with Crippen molar-refractivity contribution >= 4 is 5.97 Å². The van der Waals surface area contributed by atoms with Crippen LogP contribution in [0.2, 0.25) is 0 Å². The second-order valence-corrected chi connectivity index (χ2v) is 2.82. The number of carbonyl (C=O) groups excluding carboxylic acids is 1. The van der Waals surface area contributed by atoms with Gasteiger partial charge in [-0.25, -0.2) is 0 Å². The molecule has 0 unspecified atom stereocenters. The molecule has 0 fully saturated rings. The van der Waals surface area contributed by atoms with Crippen molar-refractivity contribution in [1.29, 1.82) is 0 Å². The first kappa shape index (κ1) is 11.4. The van der Waals surface area contributed by atoms with Gasteiger partial charge in [0.05, 0.1) is 20.1 Å². The van der Waals surface area contributed by atoms with Crippen LogP contribution in [0.1, 0.15) is 12.5 Å². The summed E-state index contributed by atoms with van der Waals surface area (Å²) in [5, 5.41) is 0. The van der Waals surface area contributed by atoms with Crippen LogP contribution < -0.4 is 4.74 Å². The number of pyridine rings is 1. The Morgan fingerprint density at radius 1 is 1.53 bits per heavy atom. The van der Waals surface area contributed by atoms with Crippen LogP contribution in [-0.2, 0) is 16.0 Å². The highest BCUT2D eigenvalue weighted by atomic mass is 19.1. The molecule has 0 aliphatic carbocycles. The minimum atomic E-state index is -0.673. The Morgan fingerprint density at radius 3 is 2.87 bits per heavy atom. The van der Waals surface area contributed by atoms with E-state index in [9.17, 15) is 9.18 Å². The molecule has 1 aromatic heterocycles. The molecule has 5 heteroatoms. The minimum absolute atomic E-state index is 0.0175. The van der Waals surface area contributed by atoms with Gasteiger partial charge < -0.3 is 9.47 Å². The van der Waals surface area contributed by atoms with Gasteiger partial charge in [-0.05, 0) is 18.6 Å². The van der Waals surface area contributed by atoms with E-state index < -0.39 is 11.9 Å². The fourth-order valence-electron chi connectivity index (χ4n) is 1.11. The Bertz CT molecular complexity index is 355. The van der Waals surface area contributed by atoms with E-state index in [0.29, 0.717) is 12.2 Å². The van der Waals surface area contributed by atoms with Crippen molar-refractivity contribution < 1.29 is 18.7 Å². The zero-order valence-electron chi connectivity index (χ0n) is 8.62. The second kappa shape index (κ2) is 5.29. The molecule has 0 aliphatic rings. The molecule has 0 bridgehead atoms. The Hall–Kier alpha value is -1.65. The minimum Gasteiger partial charge on any atom is -0.481 e. The van der Waals surface area contributed by atoms with Crippen LogP contribution in [0.3, 0.4) is 0 Å². The first-order chi connectivity index (χ1) is 7.15. The molecule has 1 heterocycles. The zero-order chi connectivity index (χ0) is 11.3. The van der Waals surface area contributed by atoms with E-state index in [2.05, 4.69) is 4.98 Å². The van der Waals surface area contributed by atoms with Gasteiger partial charge in [-0.3, -0.25) is 4.79 Å². The van der Waals surface area contributed by atoms with Crippen LogP contribution in [0, 0.1) is 5.95 Å². The molecule has 0 saturated heterocycles.